The summed E-state index contributed by atoms with van der Waals surface area (Å²) in [6, 6.07) is 13.0. The summed E-state index contributed by atoms with van der Waals surface area (Å²) >= 11 is 0. The zero-order valence-electron chi connectivity index (χ0n) is 18.8. The lowest BCUT2D eigenvalue weighted by molar-refractivity contribution is -0.358. The van der Waals surface area contributed by atoms with Gasteiger partial charge < -0.3 is 9.84 Å². The van der Waals surface area contributed by atoms with Crippen LogP contribution in [0.5, 0.6) is 5.75 Å². The number of carbonyl (C=O) groups is 1. The van der Waals surface area contributed by atoms with Gasteiger partial charge in [0.1, 0.15) is 5.75 Å². The van der Waals surface area contributed by atoms with Crippen LogP contribution in [0.1, 0.15) is 27.9 Å². The highest BCUT2D eigenvalue weighted by molar-refractivity contribution is 5.87. The zero-order valence-corrected chi connectivity index (χ0v) is 18.8. The van der Waals surface area contributed by atoms with Crippen LogP contribution in [0.4, 0.5) is 30.7 Å². The van der Waals surface area contributed by atoms with Crippen LogP contribution in [0.15, 0.2) is 48.5 Å². The van der Waals surface area contributed by atoms with Gasteiger partial charge in [0.15, 0.2) is 6.61 Å². The van der Waals surface area contributed by atoms with Crippen molar-refractivity contribution in [2.24, 2.45) is 0 Å². The highest BCUT2D eigenvalue weighted by Crippen LogP contribution is 2.46. The molecule has 2 fully saturated rings. The molecule has 1 N–H and O–H groups in total. The largest absolute Gasteiger partial charge is 0.487 e. The van der Waals surface area contributed by atoms with Crippen LogP contribution in [0.3, 0.4) is 0 Å². The number of hydrogen-bond donors (Lipinski definition) is 1. The van der Waals surface area contributed by atoms with Gasteiger partial charge in [0.05, 0.1) is 5.56 Å². The Morgan fingerprint density at radius 2 is 1.31 bits per heavy atom. The van der Waals surface area contributed by atoms with Gasteiger partial charge in [-0.3, -0.25) is 9.80 Å². The van der Waals surface area contributed by atoms with Gasteiger partial charge >= 0.3 is 24.0 Å². The summed E-state index contributed by atoms with van der Waals surface area (Å²) in [6.07, 6.45) is -5.42. The van der Waals surface area contributed by atoms with Crippen molar-refractivity contribution in [2.75, 3.05) is 19.7 Å². The van der Waals surface area contributed by atoms with Crippen LogP contribution in [-0.4, -0.2) is 70.7 Å². The second kappa shape index (κ2) is 9.55. The quantitative estimate of drug-likeness (QED) is 0.469. The first-order chi connectivity index (χ1) is 16.8. The molecule has 0 aromatic heterocycles. The Morgan fingerprint density at radius 3 is 1.72 bits per heavy atom. The molecule has 2 atom stereocenters. The minimum Gasteiger partial charge on any atom is -0.487 e. The summed E-state index contributed by atoms with van der Waals surface area (Å²) in [4.78, 5) is 15.6. The Bertz CT molecular complexity index is 1070. The van der Waals surface area contributed by atoms with Gasteiger partial charge in [0, 0.05) is 38.3 Å². The lowest BCUT2D eigenvalue weighted by Crippen LogP contribution is -2.54. The molecule has 2 aliphatic heterocycles. The van der Waals surface area contributed by atoms with Gasteiger partial charge in [0.2, 0.25) is 0 Å². The maximum absolute atomic E-state index is 13.4. The van der Waals surface area contributed by atoms with E-state index in [9.17, 15) is 35.5 Å². The lowest BCUT2D eigenvalue weighted by atomic mass is 10.1. The van der Waals surface area contributed by atoms with Crippen LogP contribution in [-0.2, 0) is 13.1 Å². The van der Waals surface area contributed by atoms with Crippen molar-refractivity contribution in [1.82, 2.24) is 9.80 Å². The van der Waals surface area contributed by atoms with Crippen molar-refractivity contribution < 1.29 is 45.4 Å². The average Bonchev–Trinajstić information content (AvgIpc) is 3.38. The molecular formula is C24H23F7N2O3. The molecule has 2 bridgehead atoms. The van der Waals surface area contributed by atoms with Gasteiger partial charge in [-0.15, -0.1) is 0 Å². The number of alkyl halides is 7. The highest BCUT2D eigenvalue weighted by atomic mass is 19.4. The monoisotopic (exact) mass is 520 g/mol. The number of rotatable bonds is 9. The molecule has 0 saturated carbocycles. The number of aromatic carboxylic acids is 1. The van der Waals surface area contributed by atoms with Gasteiger partial charge in [-0.2, -0.15) is 30.7 Å². The second-order valence-electron chi connectivity index (χ2n) is 9.11. The molecule has 2 aliphatic rings. The predicted octanol–water partition coefficient (Wildman–Crippen LogP) is 5.06. The number of hydrogen-bond acceptors (Lipinski definition) is 4. The number of piperazine rings is 1. The number of carboxylic acids is 1. The molecule has 0 unspecified atom stereocenters. The number of halogens is 7. The molecule has 4 rings (SSSR count). The number of likely N-dealkylation sites (tertiary alicyclic amines) is 2. The number of ether oxygens (including phenoxy) is 1. The molecule has 36 heavy (non-hydrogen) atoms. The summed E-state index contributed by atoms with van der Waals surface area (Å²) in [5.74, 6) is -12.8. The van der Waals surface area contributed by atoms with E-state index < -0.39 is 30.6 Å². The van der Waals surface area contributed by atoms with Crippen molar-refractivity contribution in [2.45, 2.75) is 49.6 Å². The molecule has 12 heteroatoms. The zero-order chi connectivity index (χ0) is 26.3. The maximum atomic E-state index is 13.4. The van der Waals surface area contributed by atoms with Gasteiger partial charge in [-0.05, 0) is 41.8 Å². The first kappa shape index (κ1) is 26.2. The molecule has 5 nitrogen and oxygen atoms in total. The van der Waals surface area contributed by atoms with Crippen LogP contribution < -0.4 is 4.74 Å². The molecular weight excluding hydrogens is 497 g/mol. The first-order valence-corrected chi connectivity index (χ1v) is 11.1. The summed E-state index contributed by atoms with van der Waals surface area (Å²) in [6.45, 7) is 0.789. The summed E-state index contributed by atoms with van der Waals surface area (Å²) < 4.78 is 94.0. The molecule has 2 aromatic carbocycles. The third-order valence-corrected chi connectivity index (χ3v) is 6.60. The normalized spacial score (nSPS) is 21.2. The third-order valence-electron chi connectivity index (χ3n) is 6.60. The summed E-state index contributed by atoms with van der Waals surface area (Å²) in [5, 5.41) is 9.01. The van der Waals surface area contributed by atoms with Crippen LogP contribution in [0, 0.1) is 0 Å². The topological polar surface area (TPSA) is 53.0 Å². The molecule has 2 saturated heterocycles. The van der Waals surface area contributed by atoms with E-state index in [4.69, 9.17) is 5.11 Å². The van der Waals surface area contributed by atoms with Crippen molar-refractivity contribution in [1.29, 1.82) is 0 Å². The Morgan fingerprint density at radius 1 is 0.833 bits per heavy atom. The van der Waals surface area contributed by atoms with Gasteiger partial charge in [-0.25, -0.2) is 4.79 Å². The molecule has 196 valence electrons. The fraction of sp³-hybridized carbons (Fsp3) is 0.458. The van der Waals surface area contributed by atoms with E-state index in [-0.39, 0.29) is 11.3 Å². The van der Waals surface area contributed by atoms with E-state index in [1.165, 1.54) is 12.1 Å². The van der Waals surface area contributed by atoms with Crippen molar-refractivity contribution in [3.63, 3.8) is 0 Å². The minimum atomic E-state index is -6.39. The number of carboxylic acid groups (broad SMARTS) is 1. The smallest absolute Gasteiger partial charge is 0.460 e. The number of benzene rings is 2. The second-order valence-corrected chi connectivity index (χ2v) is 9.11. The van der Waals surface area contributed by atoms with E-state index in [1.54, 1.807) is 36.4 Å². The number of nitrogens with zero attached hydrogens (tertiary/aromatic N) is 2. The van der Waals surface area contributed by atoms with E-state index in [0.29, 0.717) is 25.2 Å². The van der Waals surface area contributed by atoms with E-state index in [2.05, 4.69) is 14.5 Å². The number of fused-ring (bicyclic) bond motifs is 2. The minimum absolute atomic E-state index is 0.234. The Labute approximate surface area is 202 Å². The summed E-state index contributed by atoms with van der Waals surface area (Å²) in [7, 11) is 0. The maximum Gasteiger partial charge on any atom is 0.460 e. The van der Waals surface area contributed by atoms with E-state index in [0.717, 1.165) is 30.6 Å². The Hall–Kier alpha value is -2.86. The third kappa shape index (κ3) is 5.29. The van der Waals surface area contributed by atoms with Gasteiger partial charge in [-0.1, -0.05) is 24.3 Å². The predicted molar refractivity (Wildman–Crippen MR) is 114 cm³/mol. The Kier molecular flexibility index (Phi) is 6.95. The Balaban J connectivity index is 1.27. The van der Waals surface area contributed by atoms with Crippen molar-refractivity contribution in [3.05, 3.63) is 65.2 Å². The van der Waals surface area contributed by atoms with Crippen molar-refractivity contribution in [3.8, 4) is 5.75 Å². The standard InChI is InChI=1S/C24H23F7N2O3/c25-22(26,23(27,28)24(29,30)31)14-36-20-7-3-16(4-8-20)11-33-13-18-9-19(33)12-32(18)10-15-1-5-17(6-2-15)21(34)35/h1-8,18-19H,9-14H2,(H,34,35)/t18-,19-/m0/s1. The van der Waals surface area contributed by atoms with Crippen LogP contribution in [0.2, 0.25) is 0 Å². The van der Waals surface area contributed by atoms with E-state index in [1.807, 2.05) is 0 Å². The highest BCUT2D eigenvalue weighted by Gasteiger charge is 2.73. The van der Waals surface area contributed by atoms with Gasteiger partial charge in [0.25, 0.3) is 0 Å². The average molecular weight is 520 g/mol. The first-order valence-electron chi connectivity index (χ1n) is 11.1. The van der Waals surface area contributed by atoms with Crippen molar-refractivity contribution >= 4 is 5.97 Å². The molecule has 2 heterocycles. The van der Waals surface area contributed by atoms with E-state index >= 15 is 0 Å². The SMILES string of the molecule is O=C(O)c1ccc(CN2C[C@@H]3C[C@H]2CN3Cc2ccc(OCC(F)(F)C(F)(F)C(F)(F)F)cc2)cc1. The summed E-state index contributed by atoms with van der Waals surface area (Å²) in [5.41, 5.74) is 2.07. The molecule has 2 aromatic rings. The van der Waals surface area contributed by atoms with Crippen LogP contribution in [0.25, 0.3) is 0 Å². The fourth-order valence-electron chi connectivity index (χ4n) is 4.60. The molecule has 0 spiro atoms. The molecule has 0 radical (unpaired) electrons. The van der Waals surface area contributed by atoms with Crippen LogP contribution >= 0.6 is 0 Å². The molecule has 0 aliphatic carbocycles. The fourth-order valence-corrected chi connectivity index (χ4v) is 4.60. The molecule has 0 amide bonds. The lowest BCUT2D eigenvalue weighted by Gasteiger charge is -2.34.